The van der Waals surface area contributed by atoms with E-state index in [1.54, 1.807) is 6.07 Å². The van der Waals surface area contributed by atoms with Gasteiger partial charge in [-0.2, -0.15) is 9.64 Å². The Labute approximate surface area is 101 Å². The van der Waals surface area contributed by atoms with Crippen LogP contribution in [0.25, 0.3) is 0 Å². The summed E-state index contributed by atoms with van der Waals surface area (Å²) < 4.78 is 3.90. The van der Waals surface area contributed by atoms with Crippen LogP contribution in [0.4, 0.5) is 16.5 Å². The van der Waals surface area contributed by atoms with Crippen LogP contribution in [0.3, 0.4) is 0 Å². The van der Waals surface area contributed by atoms with Gasteiger partial charge < -0.3 is 11.1 Å². The van der Waals surface area contributed by atoms with Gasteiger partial charge in [0, 0.05) is 0 Å². The first-order valence-electron chi connectivity index (χ1n) is 4.39. The molecule has 0 aliphatic heterocycles. The fraction of sp³-hybridized carbons (Fsp3) is 0. The summed E-state index contributed by atoms with van der Waals surface area (Å²) in [6.45, 7) is 0. The minimum absolute atomic E-state index is 0.238. The average molecular weight is 251 g/mol. The van der Waals surface area contributed by atoms with E-state index in [0.29, 0.717) is 15.6 Å². The van der Waals surface area contributed by atoms with Crippen LogP contribution in [0.5, 0.6) is 0 Å². The number of nitriles is 1. The molecule has 3 N–H and O–H groups in total. The summed E-state index contributed by atoms with van der Waals surface area (Å²) in [6, 6.07) is 9.27. The summed E-state index contributed by atoms with van der Waals surface area (Å²) in [5.41, 5.74) is 6.63. The van der Waals surface area contributed by atoms with Crippen molar-refractivity contribution in [3.8, 4) is 6.07 Å². The molecule has 0 amide bonds. The molecule has 0 bridgehead atoms. The Morgan fingerprint density at radius 2 is 2.19 bits per heavy atom. The molecule has 0 aliphatic carbocycles. The largest absolute Gasteiger partial charge is 0.382 e. The predicted molar refractivity (Wildman–Crippen MR) is 66.0 cm³/mol. The molecule has 0 radical (unpaired) electrons. The molecule has 0 aliphatic rings. The molecule has 16 heavy (non-hydrogen) atoms. The molecule has 2 aromatic rings. The molecule has 0 saturated carbocycles. The quantitative estimate of drug-likeness (QED) is 0.859. The summed E-state index contributed by atoms with van der Waals surface area (Å²) in [4.78, 5) is 0. The van der Waals surface area contributed by atoms with Crippen LogP contribution in [0.1, 0.15) is 5.56 Å². The number of hydrogen-bond acceptors (Lipinski definition) is 5. The average Bonchev–Trinajstić information content (AvgIpc) is 2.63. The Morgan fingerprint density at radius 1 is 1.44 bits per heavy atom. The topological polar surface area (TPSA) is 74.7 Å². The van der Waals surface area contributed by atoms with Gasteiger partial charge in [0.15, 0.2) is 5.82 Å². The lowest BCUT2D eigenvalue weighted by Gasteiger charge is -2.05. The summed E-state index contributed by atoms with van der Waals surface area (Å²) in [5, 5.41) is 13.1. The second-order valence-corrected chi connectivity index (χ2v) is 4.17. The van der Waals surface area contributed by atoms with Gasteiger partial charge in [-0.25, -0.2) is 0 Å². The molecule has 4 nitrogen and oxygen atoms in total. The van der Waals surface area contributed by atoms with E-state index in [-0.39, 0.29) is 5.82 Å². The Hall–Kier alpha value is -1.77. The molecule has 0 atom stereocenters. The third kappa shape index (κ3) is 1.94. The van der Waals surface area contributed by atoms with Gasteiger partial charge in [0.2, 0.25) is 0 Å². The van der Waals surface area contributed by atoms with Gasteiger partial charge in [-0.15, -0.1) is 0 Å². The van der Waals surface area contributed by atoms with E-state index in [2.05, 4.69) is 9.69 Å². The zero-order valence-corrected chi connectivity index (χ0v) is 9.64. The van der Waals surface area contributed by atoms with E-state index >= 15 is 0 Å². The van der Waals surface area contributed by atoms with Crippen LogP contribution in [0, 0.1) is 11.3 Å². The summed E-state index contributed by atoms with van der Waals surface area (Å²) >= 11 is 7.12. The summed E-state index contributed by atoms with van der Waals surface area (Å²) in [6.07, 6.45) is 0. The molecule has 80 valence electrons. The highest BCUT2D eigenvalue weighted by Crippen LogP contribution is 2.31. The van der Waals surface area contributed by atoms with Crippen LogP contribution in [-0.2, 0) is 0 Å². The minimum Gasteiger partial charge on any atom is -0.382 e. The van der Waals surface area contributed by atoms with Crippen LogP contribution in [-0.4, -0.2) is 4.37 Å². The number of nitrogens with two attached hydrogens (primary N) is 1. The van der Waals surface area contributed by atoms with Crippen molar-refractivity contribution in [3.63, 3.8) is 0 Å². The fourth-order valence-corrected chi connectivity index (χ4v) is 2.04. The SMILES string of the molecule is N#Cc1c(N)nsc1Nc1ccccc1Cl. The number of para-hydroxylation sites is 1. The van der Waals surface area contributed by atoms with E-state index in [4.69, 9.17) is 22.6 Å². The van der Waals surface area contributed by atoms with Crippen LogP contribution >= 0.6 is 23.1 Å². The van der Waals surface area contributed by atoms with E-state index in [9.17, 15) is 0 Å². The summed E-state index contributed by atoms with van der Waals surface area (Å²) in [7, 11) is 0. The van der Waals surface area contributed by atoms with E-state index in [1.165, 1.54) is 0 Å². The highest BCUT2D eigenvalue weighted by molar-refractivity contribution is 7.10. The first-order valence-corrected chi connectivity index (χ1v) is 5.54. The third-order valence-corrected chi connectivity index (χ3v) is 3.06. The van der Waals surface area contributed by atoms with E-state index in [1.807, 2.05) is 24.3 Å². The lowest BCUT2D eigenvalue weighted by atomic mass is 10.3. The fourth-order valence-electron chi connectivity index (χ4n) is 1.18. The van der Waals surface area contributed by atoms with Crippen molar-refractivity contribution >= 4 is 39.6 Å². The molecule has 0 spiro atoms. The first-order chi connectivity index (χ1) is 7.72. The van der Waals surface area contributed by atoms with Crippen LogP contribution in [0.2, 0.25) is 5.02 Å². The number of nitrogens with zero attached hydrogens (tertiary/aromatic N) is 2. The number of benzene rings is 1. The smallest absolute Gasteiger partial charge is 0.157 e. The van der Waals surface area contributed by atoms with Crippen molar-refractivity contribution < 1.29 is 0 Å². The van der Waals surface area contributed by atoms with Gasteiger partial charge in [0.1, 0.15) is 16.6 Å². The minimum atomic E-state index is 0.238. The van der Waals surface area contributed by atoms with Crippen molar-refractivity contribution in [2.45, 2.75) is 0 Å². The van der Waals surface area contributed by atoms with Crippen LogP contribution in [0.15, 0.2) is 24.3 Å². The van der Waals surface area contributed by atoms with Crippen molar-refractivity contribution in [1.82, 2.24) is 4.37 Å². The van der Waals surface area contributed by atoms with Gasteiger partial charge in [-0.3, -0.25) is 0 Å². The molecule has 2 rings (SSSR count). The molecule has 1 heterocycles. The molecule has 6 heteroatoms. The number of hydrogen-bond donors (Lipinski definition) is 2. The molecule has 1 aromatic carbocycles. The second-order valence-electron chi connectivity index (χ2n) is 2.99. The first kappa shape index (κ1) is 10.7. The number of halogens is 1. The summed E-state index contributed by atoms with van der Waals surface area (Å²) in [5.74, 6) is 0.238. The van der Waals surface area contributed by atoms with Gasteiger partial charge >= 0.3 is 0 Å². The third-order valence-electron chi connectivity index (χ3n) is 1.95. The zero-order valence-electron chi connectivity index (χ0n) is 8.07. The van der Waals surface area contributed by atoms with Gasteiger partial charge in [-0.05, 0) is 23.7 Å². The highest BCUT2D eigenvalue weighted by atomic mass is 35.5. The molecular weight excluding hydrogens is 244 g/mol. The standard InChI is InChI=1S/C10H7ClN4S/c11-7-3-1-2-4-8(7)14-10-6(5-12)9(13)15-16-10/h1-4,14H,(H2,13,15). The van der Waals surface area contributed by atoms with Crippen molar-refractivity contribution in [3.05, 3.63) is 34.9 Å². The predicted octanol–water partition coefficient (Wildman–Crippen LogP) is 2.99. The number of anilines is 3. The Bertz CT molecular complexity index is 558. The van der Waals surface area contributed by atoms with Gasteiger partial charge in [-0.1, -0.05) is 23.7 Å². The van der Waals surface area contributed by atoms with Crippen molar-refractivity contribution in [2.24, 2.45) is 0 Å². The van der Waals surface area contributed by atoms with Gasteiger partial charge in [0.05, 0.1) is 10.7 Å². The van der Waals surface area contributed by atoms with E-state index < -0.39 is 0 Å². The zero-order chi connectivity index (χ0) is 11.5. The highest BCUT2D eigenvalue weighted by Gasteiger charge is 2.11. The monoisotopic (exact) mass is 250 g/mol. The molecule has 1 aromatic heterocycles. The number of nitrogens with one attached hydrogen (secondary N) is 1. The van der Waals surface area contributed by atoms with E-state index in [0.717, 1.165) is 17.2 Å². The number of rotatable bonds is 2. The maximum absolute atomic E-state index is 8.90. The maximum atomic E-state index is 8.90. The van der Waals surface area contributed by atoms with Crippen molar-refractivity contribution in [1.29, 1.82) is 5.26 Å². The normalized spacial score (nSPS) is 9.75. The number of aromatic nitrogens is 1. The van der Waals surface area contributed by atoms with Crippen molar-refractivity contribution in [2.75, 3.05) is 11.1 Å². The van der Waals surface area contributed by atoms with Gasteiger partial charge in [0.25, 0.3) is 0 Å². The maximum Gasteiger partial charge on any atom is 0.157 e. The lowest BCUT2D eigenvalue weighted by Crippen LogP contribution is -1.92. The molecule has 0 unspecified atom stereocenters. The Balaban J connectivity index is 2.35. The Kier molecular flexibility index (Phi) is 2.95. The molecule has 0 fully saturated rings. The molecular formula is C10H7ClN4S. The lowest BCUT2D eigenvalue weighted by molar-refractivity contribution is 1.47. The number of nitrogen functional groups attached to an aromatic ring is 1. The molecule has 0 saturated heterocycles. The van der Waals surface area contributed by atoms with Crippen LogP contribution < -0.4 is 11.1 Å². The Morgan fingerprint density at radius 3 is 2.88 bits per heavy atom. The second kappa shape index (κ2) is 4.39.